The normalized spacial score (nSPS) is 23.1. The highest BCUT2D eigenvalue weighted by Crippen LogP contribution is 2.37. The Morgan fingerprint density at radius 2 is 1.92 bits per heavy atom. The number of benzene rings is 1. The molecule has 0 bridgehead atoms. The summed E-state index contributed by atoms with van der Waals surface area (Å²) in [6.45, 7) is 1.11. The van der Waals surface area contributed by atoms with Crippen LogP contribution in [0, 0.1) is 11.8 Å². The highest BCUT2D eigenvalue weighted by atomic mass is 35.5. The van der Waals surface area contributed by atoms with E-state index in [0.29, 0.717) is 41.6 Å². The van der Waals surface area contributed by atoms with Gasteiger partial charge in [0.1, 0.15) is 0 Å². The van der Waals surface area contributed by atoms with E-state index in [1.807, 2.05) is 12.1 Å². The predicted molar refractivity (Wildman–Crippen MR) is 98.9 cm³/mol. The maximum atomic E-state index is 11.1. The summed E-state index contributed by atoms with van der Waals surface area (Å²) in [5.74, 6) is 0.601. The van der Waals surface area contributed by atoms with E-state index in [0.717, 1.165) is 31.2 Å². The highest BCUT2D eigenvalue weighted by molar-refractivity contribution is 7.38. The second kappa shape index (κ2) is 10.1. The summed E-state index contributed by atoms with van der Waals surface area (Å²) < 4.78 is 11.1. The minimum Gasteiger partial charge on any atom is -0.392 e. The number of aliphatic hydroxyl groups excluding tert-OH is 1. The Morgan fingerprint density at radius 3 is 2.58 bits per heavy atom. The van der Waals surface area contributed by atoms with Gasteiger partial charge < -0.3 is 10.4 Å². The molecule has 7 heteroatoms. The lowest BCUT2D eigenvalue weighted by Gasteiger charge is -2.30. The van der Waals surface area contributed by atoms with Gasteiger partial charge in [0.15, 0.2) is 6.16 Å². The number of hydrogen-bond donors (Lipinski definition) is 3. The second-order valence-corrected chi connectivity index (χ2v) is 8.49. The van der Waals surface area contributed by atoms with Crippen LogP contribution >= 0.6 is 31.2 Å². The van der Waals surface area contributed by atoms with Crippen LogP contribution in [0.3, 0.4) is 0 Å². The molecule has 0 aromatic heterocycles. The zero-order valence-electron chi connectivity index (χ0n) is 13.6. The zero-order valence-corrected chi connectivity index (χ0v) is 16.0. The SMILES string of the molecule is O=[P+](O)CC1CCCC[C@H]1CC(O)CNCc1ccc(Cl)c(Cl)c1. The van der Waals surface area contributed by atoms with E-state index >= 15 is 0 Å². The smallest absolute Gasteiger partial charge is 0.392 e. The monoisotopic (exact) mass is 392 g/mol. The van der Waals surface area contributed by atoms with Crippen LogP contribution in [0.15, 0.2) is 18.2 Å². The summed E-state index contributed by atoms with van der Waals surface area (Å²) in [5, 5.41) is 14.6. The van der Waals surface area contributed by atoms with Gasteiger partial charge in [0.2, 0.25) is 0 Å². The van der Waals surface area contributed by atoms with E-state index in [-0.39, 0.29) is 5.92 Å². The van der Waals surface area contributed by atoms with E-state index in [9.17, 15) is 14.6 Å². The Labute approximate surface area is 154 Å². The molecular weight excluding hydrogens is 368 g/mol. The van der Waals surface area contributed by atoms with Gasteiger partial charge in [-0.15, -0.1) is 0 Å². The lowest BCUT2D eigenvalue weighted by molar-refractivity contribution is 0.108. The first-order valence-corrected chi connectivity index (χ1v) is 10.6. The molecule has 1 aliphatic carbocycles. The number of nitrogens with one attached hydrogen (secondary N) is 1. The van der Waals surface area contributed by atoms with Gasteiger partial charge in [-0.1, -0.05) is 42.1 Å². The fourth-order valence-electron chi connectivity index (χ4n) is 3.50. The summed E-state index contributed by atoms with van der Waals surface area (Å²) in [6.07, 6.45) is 4.90. The molecule has 1 aliphatic rings. The molecule has 3 N–H and O–H groups in total. The van der Waals surface area contributed by atoms with Crippen LogP contribution in [-0.4, -0.2) is 28.8 Å². The van der Waals surface area contributed by atoms with Crippen LogP contribution in [-0.2, 0) is 11.1 Å². The van der Waals surface area contributed by atoms with Gasteiger partial charge in [0, 0.05) is 19.0 Å². The van der Waals surface area contributed by atoms with Crippen molar-refractivity contribution in [1.82, 2.24) is 5.32 Å². The van der Waals surface area contributed by atoms with Crippen molar-refractivity contribution in [3.8, 4) is 0 Å². The number of aliphatic hydroxyl groups is 1. The molecule has 0 spiro atoms. The van der Waals surface area contributed by atoms with Crippen molar-refractivity contribution in [3.05, 3.63) is 33.8 Å². The molecule has 0 saturated heterocycles. The van der Waals surface area contributed by atoms with Crippen molar-refractivity contribution in [2.45, 2.75) is 44.8 Å². The van der Waals surface area contributed by atoms with Gasteiger partial charge in [0.25, 0.3) is 0 Å². The van der Waals surface area contributed by atoms with Crippen molar-refractivity contribution in [2.75, 3.05) is 12.7 Å². The highest BCUT2D eigenvalue weighted by Gasteiger charge is 2.32. The van der Waals surface area contributed by atoms with Gasteiger partial charge in [-0.05, 0) is 47.4 Å². The second-order valence-electron chi connectivity index (χ2n) is 6.61. The van der Waals surface area contributed by atoms with Crippen LogP contribution in [0.25, 0.3) is 0 Å². The first-order chi connectivity index (χ1) is 11.5. The number of rotatable bonds is 8. The average Bonchev–Trinajstić information content (AvgIpc) is 2.52. The summed E-state index contributed by atoms with van der Waals surface area (Å²) in [4.78, 5) is 9.18. The molecule has 0 heterocycles. The molecule has 0 radical (unpaired) electrons. The first kappa shape index (κ1) is 20.1. The minimum absolute atomic E-state index is 0.261. The molecule has 134 valence electrons. The third kappa shape index (κ3) is 6.59. The van der Waals surface area contributed by atoms with Gasteiger partial charge >= 0.3 is 8.03 Å². The van der Waals surface area contributed by atoms with Crippen LogP contribution in [0.2, 0.25) is 10.0 Å². The summed E-state index contributed by atoms with van der Waals surface area (Å²) >= 11 is 11.9. The van der Waals surface area contributed by atoms with E-state index in [2.05, 4.69) is 5.32 Å². The number of halogens is 2. The summed E-state index contributed by atoms with van der Waals surface area (Å²) in [7, 11) is -2.09. The molecule has 4 atom stereocenters. The van der Waals surface area contributed by atoms with Gasteiger partial charge in [-0.25, -0.2) is 0 Å². The Morgan fingerprint density at radius 1 is 1.21 bits per heavy atom. The molecule has 2 rings (SSSR count). The number of hydrogen-bond acceptors (Lipinski definition) is 3. The molecule has 3 unspecified atom stereocenters. The van der Waals surface area contributed by atoms with E-state index in [1.165, 1.54) is 0 Å². The fourth-order valence-corrected chi connectivity index (χ4v) is 4.70. The topological polar surface area (TPSA) is 69.6 Å². The lowest BCUT2D eigenvalue weighted by Crippen LogP contribution is -2.32. The third-order valence-electron chi connectivity index (χ3n) is 4.73. The molecular formula is C17H25Cl2NO3P+. The van der Waals surface area contributed by atoms with Crippen molar-refractivity contribution >= 4 is 31.2 Å². The van der Waals surface area contributed by atoms with Crippen LogP contribution in [0.5, 0.6) is 0 Å². The molecule has 1 saturated carbocycles. The van der Waals surface area contributed by atoms with Crippen molar-refractivity contribution in [2.24, 2.45) is 11.8 Å². The van der Waals surface area contributed by atoms with E-state index in [4.69, 9.17) is 23.2 Å². The molecule has 1 aromatic carbocycles. The third-order valence-corrected chi connectivity index (χ3v) is 6.25. The molecule has 0 amide bonds. The Bertz CT molecular complexity index is 559. The standard InChI is InChI=1S/C17H24Cl2NO3P/c18-16-6-5-12(7-17(16)19)9-20-10-15(21)8-13-3-1-2-4-14(13)11-24(22)23/h5-7,13-15,20-21H,1-4,8-11H2/p+1/t13-,14?,15?/m0/s1. The van der Waals surface area contributed by atoms with E-state index < -0.39 is 14.1 Å². The first-order valence-electron chi connectivity index (χ1n) is 8.42. The largest absolute Gasteiger partial charge is 0.505 e. The molecule has 0 aliphatic heterocycles. The van der Waals surface area contributed by atoms with Gasteiger partial charge in [-0.2, -0.15) is 4.89 Å². The quantitative estimate of drug-likeness (QED) is 0.574. The van der Waals surface area contributed by atoms with Crippen LogP contribution in [0.4, 0.5) is 0 Å². The summed E-state index contributed by atoms with van der Waals surface area (Å²) in [5.41, 5.74) is 1.02. The maximum Gasteiger partial charge on any atom is 0.505 e. The van der Waals surface area contributed by atoms with Crippen molar-refractivity contribution in [3.63, 3.8) is 0 Å². The van der Waals surface area contributed by atoms with E-state index in [1.54, 1.807) is 6.07 Å². The van der Waals surface area contributed by atoms with Crippen LogP contribution < -0.4 is 5.32 Å². The Hall–Kier alpha value is -0.220. The van der Waals surface area contributed by atoms with Gasteiger partial charge in [-0.3, -0.25) is 0 Å². The molecule has 4 nitrogen and oxygen atoms in total. The predicted octanol–water partition coefficient (Wildman–Crippen LogP) is 4.38. The Kier molecular flexibility index (Phi) is 8.42. The summed E-state index contributed by atoms with van der Waals surface area (Å²) in [6, 6.07) is 5.49. The average molecular weight is 393 g/mol. The zero-order chi connectivity index (χ0) is 17.5. The van der Waals surface area contributed by atoms with Gasteiger partial charge in [0.05, 0.1) is 16.1 Å². The lowest BCUT2D eigenvalue weighted by atomic mass is 9.77. The fraction of sp³-hybridized carbons (Fsp3) is 0.647. The Balaban J connectivity index is 1.76. The molecule has 24 heavy (non-hydrogen) atoms. The molecule has 1 fully saturated rings. The minimum atomic E-state index is -2.09. The van der Waals surface area contributed by atoms with Crippen molar-refractivity contribution < 1.29 is 14.6 Å². The van der Waals surface area contributed by atoms with Crippen molar-refractivity contribution in [1.29, 1.82) is 0 Å². The van der Waals surface area contributed by atoms with Crippen LogP contribution in [0.1, 0.15) is 37.7 Å². The molecule has 1 aromatic rings. The maximum absolute atomic E-state index is 11.1.